The van der Waals surface area contributed by atoms with Gasteiger partial charge < -0.3 is 9.47 Å². The summed E-state index contributed by atoms with van der Waals surface area (Å²) in [7, 11) is 0. The van der Waals surface area contributed by atoms with Gasteiger partial charge >= 0.3 is 0 Å². The number of nitrogens with zero attached hydrogens (tertiary/aromatic N) is 3. The predicted molar refractivity (Wildman–Crippen MR) is 112 cm³/mol. The van der Waals surface area contributed by atoms with Crippen molar-refractivity contribution in [3.05, 3.63) is 78.1 Å². The molecule has 4 nitrogen and oxygen atoms in total. The number of aromatic nitrogens is 2. The molecule has 1 saturated heterocycles. The van der Waals surface area contributed by atoms with E-state index in [1.807, 2.05) is 54.4 Å². The molecule has 0 spiro atoms. The van der Waals surface area contributed by atoms with E-state index < -0.39 is 0 Å². The number of amides is 1. The van der Waals surface area contributed by atoms with Crippen molar-refractivity contribution in [1.82, 2.24) is 14.5 Å². The van der Waals surface area contributed by atoms with Gasteiger partial charge in [-0.2, -0.15) is 0 Å². The second kappa shape index (κ2) is 8.01. The van der Waals surface area contributed by atoms with Crippen molar-refractivity contribution in [2.75, 3.05) is 13.1 Å². The van der Waals surface area contributed by atoms with Gasteiger partial charge in [-0.15, -0.1) is 0 Å². The summed E-state index contributed by atoms with van der Waals surface area (Å²) < 4.78 is 2.36. The molecular formula is C24H27N3O. The van der Waals surface area contributed by atoms with E-state index in [1.54, 1.807) is 0 Å². The summed E-state index contributed by atoms with van der Waals surface area (Å²) in [6, 6.07) is 20.8. The van der Waals surface area contributed by atoms with E-state index in [-0.39, 0.29) is 11.8 Å². The second-order valence-corrected chi connectivity index (χ2v) is 7.65. The van der Waals surface area contributed by atoms with Crippen LogP contribution in [0.4, 0.5) is 0 Å². The summed E-state index contributed by atoms with van der Waals surface area (Å²) >= 11 is 0. The topological polar surface area (TPSA) is 38.1 Å². The number of benzene rings is 2. The maximum Gasteiger partial charge on any atom is 0.229 e. The van der Waals surface area contributed by atoms with Crippen LogP contribution in [-0.2, 0) is 4.79 Å². The first-order chi connectivity index (χ1) is 13.6. The average Bonchev–Trinajstić information content (AvgIpc) is 3.15. The van der Waals surface area contributed by atoms with Crippen LogP contribution in [0.3, 0.4) is 0 Å². The first-order valence-corrected chi connectivity index (χ1v) is 10.1. The maximum atomic E-state index is 13.0. The number of hydrogen-bond donors (Lipinski definition) is 0. The van der Waals surface area contributed by atoms with Crippen molar-refractivity contribution >= 4 is 5.91 Å². The molecule has 1 aromatic heterocycles. The molecular weight excluding hydrogens is 346 g/mol. The SMILES string of the molecule is Cc1cnc(-c2ccccc2)n1C1CCN(C(=O)C(C)c2ccccc2)CC1. The molecule has 1 atom stereocenters. The van der Waals surface area contributed by atoms with Gasteiger partial charge in [-0.05, 0) is 32.3 Å². The molecule has 4 heteroatoms. The smallest absolute Gasteiger partial charge is 0.229 e. The predicted octanol–water partition coefficient (Wildman–Crippen LogP) is 4.83. The number of likely N-dealkylation sites (tertiary alicyclic amines) is 1. The zero-order valence-corrected chi connectivity index (χ0v) is 16.6. The highest BCUT2D eigenvalue weighted by atomic mass is 16.2. The summed E-state index contributed by atoms with van der Waals surface area (Å²) in [4.78, 5) is 19.6. The fourth-order valence-electron chi connectivity index (χ4n) is 4.21. The molecule has 1 amide bonds. The monoisotopic (exact) mass is 373 g/mol. The Morgan fingerprint density at radius 3 is 2.25 bits per heavy atom. The van der Waals surface area contributed by atoms with E-state index in [2.05, 4.69) is 40.7 Å². The molecule has 0 aliphatic carbocycles. The van der Waals surface area contributed by atoms with Crippen molar-refractivity contribution < 1.29 is 4.79 Å². The number of hydrogen-bond acceptors (Lipinski definition) is 2. The molecule has 2 aromatic carbocycles. The summed E-state index contributed by atoms with van der Waals surface area (Å²) in [5.74, 6) is 1.17. The van der Waals surface area contributed by atoms with Gasteiger partial charge in [-0.25, -0.2) is 4.98 Å². The Bertz CT molecular complexity index is 925. The molecule has 0 bridgehead atoms. The van der Waals surface area contributed by atoms with E-state index in [4.69, 9.17) is 0 Å². The highest BCUT2D eigenvalue weighted by molar-refractivity contribution is 5.83. The number of carbonyl (C=O) groups is 1. The first-order valence-electron chi connectivity index (χ1n) is 10.1. The van der Waals surface area contributed by atoms with Gasteiger partial charge in [0.2, 0.25) is 5.91 Å². The van der Waals surface area contributed by atoms with Crippen LogP contribution in [0.5, 0.6) is 0 Å². The van der Waals surface area contributed by atoms with Gasteiger partial charge in [0.25, 0.3) is 0 Å². The maximum absolute atomic E-state index is 13.0. The number of imidazole rings is 1. The third kappa shape index (κ3) is 3.59. The molecule has 2 heterocycles. The third-order valence-electron chi connectivity index (χ3n) is 5.83. The van der Waals surface area contributed by atoms with Crippen molar-refractivity contribution in [1.29, 1.82) is 0 Å². The van der Waals surface area contributed by atoms with Crippen molar-refractivity contribution in [2.24, 2.45) is 0 Å². The van der Waals surface area contributed by atoms with Gasteiger partial charge in [0.05, 0.1) is 5.92 Å². The molecule has 28 heavy (non-hydrogen) atoms. The lowest BCUT2D eigenvalue weighted by molar-refractivity contribution is -0.133. The minimum Gasteiger partial charge on any atom is -0.342 e. The Labute approximate surface area is 166 Å². The van der Waals surface area contributed by atoms with Crippen LogP contribution in [0, 0.1) is 6.92 Å². The average molecular weight is 374 g/mol. The molecule has 1 aliphatic heterocycles. The minimum absolute atomic E-state index is 0.0902. The minimum atomic E-state index is -0.0902. The largest absolute Gasteiger partial charge is 0.342 e. The molecule has 1 fully saturated rings. The van der Waals surface area contributed by atoms with Crippen LogP contribution < -0.4 is 0 Å². The Kier molecular flexibility index (Phi) is 5.29. The van der Waals surface area contributed by atoms with Gasteiger partial charge in [0.15, 0.2) is 0 Å². The highest BCUT2D eigenvalue weighted by Gasteiger charge is 2.29. The van der Waals surface area contributed by atoms with E-state index in [0.29, 0.717) is 6.04 Å². The summed E-state index contributed by atoms with van der Waals surface area (Å²) in [5, 5.41) is 0. The molecule has 0 radical (unpaired) electrons. The van der Waals surface area contributed by atoms with Crippen molar-refractivity contribution in [3.8, 4) is 11.4 Å². The van der Waals surface area contributed by atoms with E-state index in [1.165, 1.54) is 5.69 Å². The fraction of sp³-hybridized carbons (Fsp3) is 0.333. The van der Waals surface area contributed by atoms with E-state index in [0.717, 1.165) is 42.9 Å². The van der Waals surface area contributed by atoms with Gasteiger partial charge in [0.1, 0.15) is 5.82 Å². The second-order valence-electron chi connectivity index (χ2n) is 7.65. The zero-order chi connectivity index (χ0) is 19.5. The highest BCUT2D eigenvalue weighted by Crippen LogP contribution is 2.31. The lowest BCUT2D eigenvalue weighted by atomic mass is 9.97. The van der Waals surface area contributed by atoms with Crippen LogP contribution in [0.15, 0.2) is 66.9 Å². The number of piperidine rings is 1. The van der Waals surface area contributed by atoms with Gasteiger partial charge in [-0.3, -0.25) is 4.79 Å². The molecule has 144 valence electrons. The molecule has 1 unspecified atom stereocenters. The molecule has 1 aliphatic rings. The molecule has 0 N–H and O–H groups in total. The van der Waals surface area contributed by atoms with Crippen LogP contribution in [-0.4, -0.2) is 33.4 Å². The normalized spacial score (nSPS) is 16.1. The number of aryl methyl sites for hydroxylation is 1. The number of carbonyl (C=O) groups excluding carboxylic acids is 1. The van der Waals surface area contributed by atoms with Crippen molar-refractivity contribution in [2.45, 2.75) is 38.6 Å². The van der Waals surface area contributed by atoms with E-state index >= 15 is 0 Å². The van der Waals surface area contributed by atoms with Crippen LogP contribution in [0.25, 0.3) is 11.4 Å². The fourth-order valence-corrected chi connectivity index (χ4v) is 4.21. The van der Waals surface area contributed by atoms with Gasteiger partial charge in [0, 0.05) is 36.6 Å². The molecule has 4 rings (SSSR count). The zero-order valence-electron chi connectivity index (χ0n) is 16.6. The van der Waals surface area contributed by atoms with Gasteiger partial charge in [-0.1, -0.05) is 60.7 Å². The Morgan fingerprint density at radius 1 is 1.00 bits per heavy atom. The lowest BCUT2D eigenvalue weighted by Gasteiger charge is -2.35. The summed E-state index contributed by atoms with van der Waals surface area (Å²) in [6.45, 7) is 5.73. The Morgan fingerprint density at radius 2 is 1.61 bits per heavy atom. The van der Waals surface area contributed by atoms with Crippen LogP contribution in [0.2, 0.25) is 0 Å². The summed E-state index contributed by atoms with van der Waals surface area (Å²) in [6.07, 6.45) is 3.88. The number of rotatable bonds is 4. The Balaban J connectivity index is 1.47. The van der Waals surface area contributed by atoms with Crippen molar-refractivity contribution in [3.63, 3.8) is 0 Å². The first kappa shape index (κ1) is 18.5. The van der Waals surface area contributed by atoms with Crippen LogP contribution >= 0.6 is 0 Å². The van der Waals surface area contributed by atoms with Crippen LogP contribution in [0.1, 0.15) is 43.0 Å². The Hall–Kier alpha value is -2.88. The molecule has 0 saturated carbocycles. The lowest BCUT2D eigenvalue weighted by Crippen LogP contribution is -2.41. The quantitative estimate of drug-likeness (QED) is 0.657. The summed E-state index contributed by atoms with van der Waals surface area (Å²) in [5.41, 5.74) is 3.42. The third-order valence-corrected chi connectivity index (χ3v) is 5.83. The standard InChI is InChI=1S/C24H27N3O/c1-18-17-25-23(21-11-7-4-8-12-21)27(18)22-13-15-26(16-14-22)24(28)19(2)20-9-5-3-6-10-20/h3-12,17,19,22H,13-16H2,1-2H3. The van der Waals surface area contributed by atoms with E-state index in [9.17, 15) is 4.79 Å². The molecule has 3 aromatic rings.